The zero-order valence-corrected chi connectivity index (χ0v) is 14.5. The molecule has 0 aromatic carbocycles. The van der Waals surface area contributed by atoms with Gasteiger partial charge in [-0.25, -0.2) is 0 Å². The van der Waals surface area contributed by atoms with Gasteiger partial charge in [-0.2, -0.15) is 0 Å². The standard InChI is InChI=1S/C17H31NO3/c1-7-21-15(20)17(4,5)14(19)12-18(6)13-8-10-16(2,3)11-9-13/h13H,7-12H2,1-6H3. The lowest BCUT2D eigenvalue weighted by atomic mass is 9.75. The van der Waals surface area contributed by atoms with Gasteiger partial charge in [0, 0.05) is 6.04 Å². The number of likely N-dealkylation sites (N-methyl/N-ethyl adjacent to an activating group) is 1. The lowest BCUT2D eigenvalue weighted by molar-refractivity contribution is -0.158. The number of esters is 1. The molecule has 0 bridgehead atoms. The molecular formula is C17H31NO3. The fourth-order valence-corrected chi connectivity index (χ4v) is 2.80. The predicted octanol–water partition coefficient (Wildman–Crippen LogP) is 3.05. The fraction of sp³-hybridized carbons (Fsp3) is 0.882. The molecule has 0 saturated heterocycles. The van der Waals surface area contributed by atoms with Crippen molar-refractivity contribution in [3.8, 4) is 0 Å². The van der Waals surface area contributed by atoms with Crippen LogP contribution in [-0.2, 0) is 14.3 Å². The summed E-state index contributed by atoms with van der Waals surface area (Å²) < 4.78 is 5.00. The molecule has 0 aliphatic heterocycles. The first-order chi connectivity index (χ1) is 9.60. The number of ether oxygens (including phenoxy) is 1. The predicted molar refractivity (Wildman–Crippen MR) is 84.1 cm³/mol. The topological polar surface area (TPSA) is 46.6 Å². The molecule has 1 rings (SSSR count). The van der Waals surface area contributed by atoms with Crippen LogP contribution < -0.4 is 0 Å². The molecule has 0 amide bonds. The van der Waals surface area contributed by atoms with E-state index in [4.69, 9.17) is 4.74 Å². The Balaban J connectivity index is 2.56. The van der Waals surface area contributed by atoms with E-state index in [9.17, 15) is 9.59 Å². The molecule has 0 aromatic rings. The van der Waals surface area contributed by atoms with E-state index in [0.717, 1.165) is 12.8 Å². The van der Waals surface area contributed by atoms with Gasteiger partial charge in [0.2, 0.25) is 0 Å². The number of hydrogen-bond donors (Lipinski definition) is 0. The molecule has 1 aliphatic carbocycles. The van der Waals surface area contributed by atoms with Crippen molar-refractivity contribution in [3.05, 3.63) is 0 Å². The van der Waals surface area contributed by atoms with Crippen LogP contribution in [0.3, 0.4) is 0 Å². The normalized spacial score (nSPS) is 19.6. The lowest BCUT2D eigenvalue weighted by Crippen LogP contribution is -2.45. The Bertz CT molecular complexity index is 377. The molecule has 0 aromatic heterocycles. The summed E-state index contributed by atoms with van der Waals surface area (Å²) in [6.45, 7) is 10.3. The van der Waals surface area contributed by atoms with Crippen LogP contribution in [0.1, 0.15) is 60.3 Å². The maximum atomic E-state index is 12.4. The van der Waals surface area contributed by atoms with E-state index in [2.05, 4.69) is 18.7 Å². The summed E-state index contributed by atoms with van der Waals surface area (Å²) in [7, 11) is 1.99. The maximum Gasteiger partial charge on any atom is 0.319 e. The van der Waals surface area contributed by atoms with Crippen LogP contribution in [-0.4, -0.2) is 42.9 Å². The highest BCUT2D eigenvalue weighted by atomic mass is 16.5. The van der Waals surface area contributed by atoms with Crippen molar-refractivity contribution in [2.45, 2.75) is 66.3 Å². The van der Waals surface area contributed by atoms with Gasteiger partial charge in [-0.15, -0.1) is 0 Å². The Labute approximate surface area is 129 Å². The zero-order valence-electron chi connectivity index (χ0n) is 14.5. The van der Waals surface area contributed by atoms with Crippen LogP contribution in [0.15, 0.2) is 0 Å². The molecule has 1 fully saturated rings. The van der Waals surface area contributed by atoms with Crippen LogP contribution >= 0.6 is 0 Å². The summed E-state index contributed by atoms with van der Waals surface area (Å²) in [5.74, 6) is -0.485. The second-order valence-corrected chi connectivity index (χ2v) is 7.58. The average Bonchev–Trinajstić information content (AvgIpc) is 2.38. The number of hydrogen-bond acceptors (Lipinski definition) is 4. The van der Waals surface area contributed by atoms with E-state index in [-0.39, 0.29) is 5.78 Å². The number of nitrogens with zero attached hydrogens (tertiary/aromatic N) is 1. The molecule has 21 heavy (non-hydrogen) atoms. The van der Waals surface area contributed by atoms with Gasteiger partial charge in [-0.3, -0.25) is 14.5 Å². The third-order valence-electron chi connectivity index (χ3n) is 4.81. The minimum Gasteiger partial charge on any atom is -0.465 e. The Hall–Kier alpha value is -0.900. The maximum absolute atomic E-state index is 12.4. The van der Waals surface area contributed by atoms with Crippen LogP contribution in [0, 0.1) is 10.8 Å². The smallest absolute Gasteiger partial charge is 0.319 e. The molecule has 0 atom stereocenters. The van der Waals surface area contributed by atoms with Crippen molar-refractivity contribution in [3.63, 3.8) is 0 Å². The van der Waals surface area contributed by atoms with Crippen molar-refractivity contribution in [1.29, 1.82) is 0 Å². The van der Waals surface area contributed by atoms with Gasteiger partial charge in [0.15, 0.2) is 5.78 Å². The molecule has 0 spiro atoms. The first-order valence-corrected chi connectivity index (χ1v) is 8.01. The van der Waals surface area contributed by atoms with E-state index in [1.165, 1.54) is 12.8 Å². The molecule has 0 N–H and O–H groups in total. The Morgan fingerprint density at radius 1 is 1.24 bits per heavy atom. The zero-order chi connectivity index (χ0) is 16.3. The lowest BCUT2D eigenvalue weighted by Gasteiger charge is -2.39. The monoisotopic (exact) mass is 297 g/mol. The SMILES string of the molecule is CCOC(=O)C(C)(C)C(=O)CN(C)C1CCC(C)(C)CC1. The molecule has 0 heterocycles. The van der Waals surface area contributed by atoms with Gasteiger partial charge in [-0.1, -0.05) is 13.8 Å². The molecule has 122 valence electrons. The second kappa shape index (κ2) is 6.91. The van der Waals surface area contributed by atoms with Crippen molar-refractivity contribution in [2.75, 3.05) is 20.2 Å². The van der Waals surface area contributed by atoms with Gasteiger partial charge in [-0.05, 0) is 58.9 Å². The summed E-state index contributed by atoms with van der Waals surface area (Å²) in [4.78, 5) is 26.4. The first kappa shape index (κ1) is 18.1. The molecule has 0 radical (unpaired) electrons. The van der Waals surface area contributed by atoms with Crippen molar-refractivity contribution in [1.82, 2.24) is 4.90 Å². The molecule has 0 unspecified atom stereocenters. The largest absolute Gasteiger partial charge is 0.465 e. The summed E-state index contributed by atoms with van der Waals surface area (Å²) in [6.07, 6.45) is 4.63. The molecule has 4 heteroatoms. The van der Waals surface area contributed by atoms with Gasteiger partial charge >= 0.3 is 5.97 Å². The van der Waals surface area contributed by atoms with Crippen molar-refractivity contribution < 1.29 is 14.3 Å². The molecule has 1 saturated carbocycles. The summed E-state index contributed by atoms with van der Waals surface area (Å²) >= 11 is 0. The summed E-state index contributed by atoms with van der Waals surface area (Å²) in [5.41, 5.74) is -0.635. The summed E-state index contributed by atoms with van der Waals surface area (Å²) in [6, 6.07) is 0.444. The van der Waals surface area contributed by atoms with E-state index < -0.39 is 11.4 Å². The third kappa shape index (κ3) is 4.80. The van der Waals surface area contributed by atoms with Gasteiger partial charge < -0.3 is 4.74 Å². The number of carbonyl (C=O) groups is 2. The van der Waals surface area contributed by atoms with E-state index >= 15 is 0 Å². The Kier molecular flexibility index (Phi) is 5.97. The fourth-order valence-electron chi connectivity index (χ4n) is 2.80. The summed E-state index contributed by atoms with van der Waals surface area (Å²) in [5, 5.41) is 0. The molecule has 4 nitrogen and oxygen atoms in total. The quantitative estimate of drug-likeness (QED) is 0.558. The van der Waals surface area contributed by atoms with Crippen LogP contribution in [0.5, 0.6) is 0 Å². The highest BCUT2D eigenvalue weighted by Crippen LogP contribution is 2.36. The number of rotatable bonds is 6. The third-order valence-corrected chi connectivity index (χ3v) is 4.81. The number of Topliss-reactive ketones (excluding diaryl/α,β-unsaturated/α-hetero) is 1. The van der Waals surface area contributed by atoms with E-state index in [0.29, 0.717) is 24.6 Å². The van der Waals surface area contributed by atoms with Gasteiger partial charge in [0.1, 0.15) is 5.41 Å². The molecular weight excluding hydrogens is 266 g/mol. The van der Waals surface area contributed by atoms with Crippen LogP contribution in [0.25, 0.3) is 0 Å². The Morgan fingerprint density at radius 3 is 2.24 bits per heavy atom. The second-order valence-electron chi connectivity index (χ2n) is 7.58. The van der Waals surface area contributed by atoms with Crippen molar-refractivity contribution in [2.24, 2.45) is 10.8 Å². The number of carbonyl (C=O) groups excluding carboxylic acids is 2. The van der Waals surface area contributed by atoms with E-state index in [1.54, 1.807) is 20.8 Å². The van der Waals surface area contributed by atoms with Gasteiger partial charge in [0.05, 0.1) is 13.2 Å². The number of ketones is 1. The first-order valence-electron chi connectivity index (χ1n) is 8.01. The Morgan fingerprint density at radius 2 is 1.76 bits per heavy atom. The van der Waals surface area contributed by atoms with Crippen LogP contribution in [0.4, 0.5) is 0 Å². The van der Waals surface area contributed by atoms with Crippen molar-refractivity contribution >= 4 is 11.8 Å². The van der Waals surface area contributed by atoms with E-state index in [1.807, 2.05) is 7.05 Å². The minimum absolute atomic E-state index is 0.0618. The minimum atomic E-state index is -1.06. The average molecular weight is 297 g/mol. The highest BCUT2D eigenvalue weighted by molar-refractivity contribution is 6.03. The molecule has 1 aliphatic rings. The highest BCUT2D eigenvalue weighted by Gasteiger charge is 2.38. The van der Waals surface area contributed by atoms with Gasteiger partial charge in [0.25, 0.3) is 0 Å². The van der Waals surface area contributed by atoms with Crippen LogP contribution in [0.2, 0.25) is 0 Å².